The van der Waals surface area contributed by atoms with Crippen LogP contribution in [0.4, 0.5) is 5.82 Å². The van der Waals surface area contributed by atoms with Crippen molar-refractivity contribution in [2.45, 2.75) is 32.9 Å². The second-order valence-corrected chi connectivity index (χ2v) is 6.33. The molecule has 0 spiro atoms. The highest BCUT2D eigenvalue weighted by molar-refractivity contribution is 5.88. The summed E-state index contributed by atoms with van der Waals surface area (Å²) in [5.74, 6) is 1.07. The summed E-state index contributed by atoms with van der Waals surface area (Å²) < 4.78 is 5.45. The van der Waals surface area contributed by atoms with Crippen LogP contribution in [0.15, 0.2) is 29.0 Å². The lowest BCUT2D eigenvalue weighted by atomic mass is 10.2. The Morgan fingerprint density at radius 1 is 1.22 bits per heavy atom. The van der Waals surface area contributed by atoms with Crippen LogP contribution in [-0.4, -0.2) is 54.1 Å². The van der Waals surface area contributed by atoms with Gasteiger partial charge in [-0.1, -0.05) is 0 Å². The number of fused-ring (bicyclic) bond motifs is 1. The second-order valence-electron chi connectivity index (χ2n) is 6.33. The molecule has 2 aromatic heterocycles. The summed E-state index contributed by atoms with van der Waals surface area (Å²) in [5, 5.41) is 4.03. The lowest BCUT2D eigenvalue weighted by Crippen LogP contribution is -2.54. The number of pyridine rings is 1. The Hall–Kier alpha value is -2.08. The van der Waals surface area contributed by atoms with E-state index in [4.69, 9.17) is 4.42 Å². The molecule has 6 heteroatoms. The lowest BCUT2D eigenvalue weighted by Gasteiger charge is -2.38. The minimum Gasteiger partial charge on any atom is -0.464 e. The molecule has 1 atom stereocenters. The monoisotopic (exact) mass is 316 g/mol. The third-order valence-electron chi connectivity index (χ3n) is 4.33. The van der Waals surface area contributed by atoms with Crippen molar-refractivity contribution in [3.8, 4) is 0 Å². The average molecular weight is 316 g/mol. The van der Waals surface area contributed by atoms with Crippen LogP contribution in [0.2, 0.25) is 0 Å². The van der Waals surface area contributed by atoms with E-state index in [-0.39, 0.29) is 18.0 Å². The topological polar surface area (TPSA) is 61.6 Å². The Kier molecular flexibility index (Phi) is 4.52. The van der Waals surface area contributed by atoms with Crippen LogP contribution >= 0.6 is 0 Å². The number of hydrogen-bond donors (Lipinski definition) is 1. The fourth-order valence-electron chi connectivity index (χ4n) is 3.02. The van der Waals surface area contributed by atoms with Crippen molar-refractivity contribution >= 4 is 22.7 Å². The molecular formula is C17H24N4O2. The highest BCUT2D eigenvalue weighted by Crippen LogP contribution is 2.26. The number of carbonyl (C=O) groups excluding carboxylic acids is 1. The number of carbonyl (C=O) groups is 1. The van der Waals surface area contributed by atoms with Gasteiger partial charge in [0.25, 0.3) is 0 Å². The van der Waals surface area contributed by atoms with E-state index in [1.807, 2.05) is 32.9 Å². The van der Waals surface area contributed by atoms with Crippen LogP contribution < -0.4 is 10.2 Å². The molecule has 1 amide bonds. The van der Waals surface area contributed by atoms with Gasteiger partial charge in [0.2, 0.25) is 5.91 Å². The van der Waals surface area contributed by atoms with Gasteiger partial charge in [-0.25, -0.2) is 4.98 Å². The number of hydrogen-bond acceptors (Lipinski definition) is 5. The van der Waals surface area contributed by atoms with Crippen LogP contribution in [0, 0.1) is 0 Å². The van der Waals surface area contributed by atoms with Gasteiger partial charge < -0.3 is 14.6 Å². The van der Waals surface area contributed by atoms with Crippen LogP contribution in [0.5, 0.6) is 0 Å². The van der Waals surface area contributed by atoms with Gasteiger partial charge in [-0.05, 0) is 32.9 Å². The molecule has 1 saturated heterocycles. The predicted molar refractivity (Wildman–Crippen MR) is 90.5 cm³/mol. The van der Waals surface area contributed by atoms with E-state index in [1.165, 1.54) is 0 Å². The third-order valence-corrected chi connectivity index (χ3v) is 4.33. The molecular weight excluding hydrogens is 292 g/mol. The van der Waals surface area contributed by atoms with Crippen molar-refractivity contribution in [1.82, 2.24) is 15.2 Å². The van der Waals surface area contributed by atoms with Crippen molar-refractivity contribution in [2.24, 2.45) is 0 Å². The molecule has 2 aromatic rings. The molecule has 1 unspecified atom stereocenters. The Morgan fingerprint density at radius 3 is 2.65 bits per heavy atom. The number of anilines is 1. The Morgan fingerprint density at radius 2 is 1.96 bits per heavy atom. The molecule has 124 valence electrons. The van der Waals surface area contributed by atoms with E-state index in [2.05, 4.69) is 20.1 Å². The van der Waals surface area contributed by atoms with Gasteiger partial charge in [0, 0.05) is 38.4 Å². The molecule has 0 radical (unpaired) electrons. The average Bonchev–Trinajstić information content (AvgIpc) is 3.02. The van der Waals surface area contributed by atoms with Crippen molar-refractivity contribution < 1.29 is 9.21 Å². The van der Waals surface area contributed by atoms with Crippen molar-refractivity contribution in [3.05, 3.63) is 24.6 Å². The minimum absolute atomic E-state index is 0.0998. The number of nitrogens with one attached hydrogen (secondary N) is 1. The zero-order valence-electron chi connectivity index (χ0n) is 14.0. The summed E-state index contributed by atoms with van der Waals surface area (Å²) in [6, 6.07) is 3.92. The van der Waals surface area contributed by atoms with Gasteiger partial charge >= 0.3 is 0 Å². The number of nitrogens with zero attached hydrogens (tertiary/aromatic N) is 3. The first-order chi connectivity index (χ1) is 11.1. The van der Waals surface area contributed by atoms with Crippen molar-refractivity contribution in [1.29, 1.82) is 0 Å². The first kappa shape index (κ1) is 15.8. The van der Waals surface area contributed by atoms with Gasteiger partial charge in [0.05, 0.1) is 17.7 Å². The number of furan rings is 1. The largest absolute Gasteiger partial charge is 0.464 e. The zero-order valence-corrected chi connectivity index (χ0v) is 14.0. The molecule has 3 rings (SSSR count). The molecule has 1 N–H and O–H groups in total. The molecule has 3 heterocycles. The van der Waals surface area contributed by atoms with Gasteiger partial charge in [0.1, 0.15) is 11.4 Å². The maximum Gasteiger partial charge on any atom is 0.237 e. The molecule has 1 aliphatic heterocycles. The van der Waals surface area contributed by atoms with Gasteiger partial charge in [-0.3, -0.25) is 9.69 Å². The Bertz CT molecular complexity index is 674. The van der Waals surface area contributed by atoms with Crippen LogP contribution in [0.1, 0.15) is 20.8 Å². The van der Waals surface area contributed by atoms with Crippen molar-refractivity contribution in [3.63, 3.8) is 0 Å². The normalized spacial score (nSPS) is 17.7. The molecule has 23 heavy (non-hydrogen) atoms. The van der Waals surface area contributed by atoms with Crippen LogP contribution in [0.3, 0.4) is 0 Å². The molecule has 0 aliphatic carbocycles. The van der Waals surface area contributed by atoms with E-state index < -0.39 is 0 Å². The fourth-order valence-corrected chi connectivity index (χ4v) is 3.02. The summed E-state index contributed by atoms with van der Waals surface area (Å²) in [6.45, 7) is 9.36. The Balaban J connectivity index is 1.64. The molecule has 1 aliphatic rings. The van der Waals surface area contributed by atoms with Crippen molar-refractivity contribution in [2.75, 3.05) is 31.1 Å². The van der Waals surface area contributed by atoms with E-state index in [9.17, 15) is 4.79 Å². The van der Waals surface area contributed by atoms with E-state index in [1.54, 1.807) is 12.5 Å². The lowest BCUT2D eigenvalue weighted by molar-refractivity contribution is -0.126. The highest BCUT2D eigenvalue weighted by atomic mass is 16.3. The summed E-state index contributed by atoms with van der Waals surface area (Å²) >= 11 is 0. The van der Waals surface area contributed by atoms with E-state index >= 15 is 0 Å². The molecule has 6 nitrogen and oxygen atoms in total. The Labute approximate surface area is 136 Å². The fraction of sp³-hybridized carbons (Fsp3) is 0.529. The number of aromatic nitrogens is 1. The van der Waals surface area contributed by atoms with Crippen LogP contribution in [-0.2, 0) is 4.79 Å². The molecule has 0 bridgehead atoms. The molecule has 0 aromatic carbocycles. The van der Waals surface area contributed by atoms with Crippen LogP contribution in [0.25, 0.3) is 11.0 Å². The highest BCUT2D eigenvalue weighted by Gasteiger charge is 2.27. The third kappa shape index (κ3) is 3.32. The van der Waals surface area contributed by atoms with Gasteiger partial charge in [-0.15, -0.1) is 0 Å². The predicted octanol–water partition coefficient (Wildman–Crippen LogP) is 1.86. The maximum atomic E-state index is 12.2. The number of amides is 1. The smallest absolute Gasteiger partial charge is 0.237 e. The zero-order chi connectivity index (χ0) is 16.4. The molecule has 0 saturated carbocycles. The first-order valence-corrected chi connectivity index (χ1v) is 8.18. The maximum absolute atomic E-state index is 12.2. The summed E-state index contributed by atoms with van der Waals surface area (Å²) in [4.78, 5) is 21.2. The SMILES string of the molecule is CC(C)NC(=O)C(C)N1CCN(c2nccc3occc23)CC1. The number of piperazine rings is 1. The minimum atomic E-state index is -0.0998. The van der Waals surface area contributed by atoms with E-state index in [0.717, 1.165) is 43.0 Å². The summed E-state index contributed by atoms with van der Waals surface area (Å²) in [7, 11) is 0. The number of rotatable bonds is 4. The van der Waals surface area contributed by atoms with Gasteiger partial charge in [-0.2, -0.15) is 0 Å². The second kappa shape index (κ2) is 6.58. The summed E-state index contributed by atoms with van der Waals surface area (Å²) in [6.07, 6.45) is 3.48. The van der Waals surface area contributed by atoms with E-state index in [0.29, 0.717) is 0 Å². The molecule has 1 fully saturated rings. The quantitative estimate of drug-likeness (QED) is 0.933. The summed E-state index contributed by atoms with van der Waals surface area (Å²) in [5.41, 5.74) is 0.863. The first-order valence-electron chi connectivity index (χ1n) is 8.18. The van der Waals surface area contributed by atoms with Gasteiger partial charge in [0.15, 0.2) is 0 Å². The standard InChI is InChI=1S/C17H24N4O2/c1-12(2)19-17(22)13(3)20-7-9-21(10-8-20)16-14-5-11-23-15(14)4-6-18-16/h4-6,11-13H,7-10H2,1-3H3,(H,19,22).